The van der Waals surface area contributed by atoms with Gasteiger partial charge in [-0.15, -0.1) is 0 Å². The van der Waals surface area contributed by atoms with Gasteiger partial charge in [0, 0.05) is 41.1 Å². The Morgan fingerprint density at radius 2 is 1.59 bits per heavy atom. The Morgan fingerprint density at radius 1 is 0.977 bits per heavy atom. The van der Waals surface area contributed by atoms with E-state index in [1.165, 1.54) is 11.1 Å². The van der Waals surface area contributed by atoms with Crippen molar-refractivity contribution >= 4 is 51.7 Å². The zero-order chi connectivity index (χ0) is 31.3. The highest BCUT2D eigenvalue weighted by molar-refractivity contribution is 6.33. The van der Waals surface area contributed by atoms with Crippen molar-refractivity contribution in [2.24, 2.45) is 0 Å². The quantitative estimate of drug-likeness (QED) is 0.179. The van der Waals surface area contributed by atoms with Crippen LogP contribution < -0.4 is 10.6 Å². The van der Waals surface area contributed by atoms with Gasteiger partial charge in [-0.3, -0.25) is 4.79 Å². The van der Waals surface area contributed by atoms with E-state index in [0.717, 1.165) is 59.0 Å². The highest BCUT2D eigenvalue weighted by atomic mass is 35.5. The molecule has 3 amide bonds. The second-order valence-electron chi connectivity index (χ2n) is 13.1. The number of carbonyl (C=O) groups excluding carboxylic acids is 2. The van der Waals surface area contributed by atoms with Gasteiger partial charge in [0.25, 0.3) is 0 Å². The summed E-state index contributed by atoms with van der Waals surface area (Å²) in [7, 11) is 0. The third kappa shape index (κ3) is 5.80. The van der Waals surface area contributed by atoms with E-state index in [2.05, 4.69) is 96.5 Å². The van der Waals surface area contributed by atoms with E-state index in [1.54, 1.807) is 12.1 Å². The van der Waals surface area contributed by atoms with Crippen LogP contribution in [0.4, 0.5) is 10.5 Å². The minimum absolute atomic E-state index is 0.0570. The van der Waals surface area contributed by atoms with Crippen LogP contribution in [0.2, 0.25) is 10.3 Å². The molecular weight excluding hydrogens is 593 g/mol. The number of nitrogens with one attached hydrogen (secondary N) is 3. The standard InChI is InChI=1S/C35H39Cl2N5O2/c1-19-12-20(2)14-22(13-19)32-31(21(3)18-38-34(44)39-24-16-29(36)41-30(37)17-24)27-15-23(6-11-28(27)40-32)35(4,5)33(43)42-25-7-8-26(42)10-9-25/h6,11-17,21,25-26,40H,7-10,18H2,1-5H3,(H2,38,39,41,44). The lowest BCUT2D eigenvalue weighted by Gasteiger charge is -2.33. The number of amides is 3. The summed E-state index contributed by atoms with van der Waals surface area (Å²) >= 11 is 12.0. The number of halogens is 2. The Kier molecular flexibility index (Phi) is 8.14. The minimum atomic E-state index is -0.664. The zero-order valence-electron chi connectivity index (χ0n) is 25.9. The fourth-order valence-electron chi connectivity index (χ4n) is 7.21. The molecule has 2 aromatic heterocycles. The number of aromatic nitrogens is 2. The number of H-pyrrole nitrogens is 1. The number of nitrogens with zero attached hydrogens (tertiary/aromatic N) is 2. The van der Waals surface area contributed by atoms with Crippen LogP contribution >= 0.6 is 23.2 Å². The van der Waals surface area contributed by atoms with E-state index in [9.17, 15) is 9.59 Å². The molecule has 3 N–H and O–H groups in total. The number of hydrogen-bond acceptors (Lipinski definition) is 3. The van der Waals surface area contributed by atoms with Crippen molar-refractivity contribution in [3.63, 3.8) is 0 Å². The fourth-order valence-corrected chi connectivity index (χ4v) is 7.67. The summed E-state index contributed by atoms with van der Waals surface area (Å²) in [6, 6.07) is 16.4. The van der Waals surface area contributed by atoms with Crippen molar-refractivity contribution < 1.29 is 9.59 Å². The van der Waals surface area contributed by atoms with Gasteiger partial charge in [-0.1, -0.05) is 53.4 Å². The Hall–Kier alpha value is -3.55. The first kappa shape index (κ1) is 30.5. The number of rotatable bonds is 7. The second kappa shape index (κ2) is 11.8. The highest BCUT2D eigenvalue weighted by Gasteiger charge is 2.47. The van der Waals surface area contributed by atoms with E-state index >= 15 is 0 Å². The van der Waals surface area contributed by atoms with Crippen molar-refractivity contribution in [3.8, 4) is 11.3 Å². The number of anilines is 1. The number of aromatic amines is 1. The summed E-state index contributed by atoms with van der Waals surface area (Å²) in [6.45, 7) is 10.8. The van der Waals surface area contributed by atoms with Crippen molar-refractivity contribution in [2.75, 3.05) is 11.9 Å². The van der Waals surface area contributed by atoms with Crippen LogP contribution in [0.1, 0.15) is 74.6 Å². The monoisotopic (exact) mass is 631 g/mol. The average Bonchev–Trinajstić information content (AvgIpc) is 3.66. The van der Waals surface area contributed by atoms with Crippen LogP contribution in [-0.4, -0.2) is 45.4 Å². The lowest BCUT2D eigenvalue weighted by Crippen LogP contribution is -2.45. The lowest BCUT2D eigenvalue weighted by molar-refractivity contribution is -0.137. The van der Waals surface area contributed by atoms with Crippen molar-refractivity contribution in [1.82, 2.24) is 20.2 Å². The first-order valence-corrected chi connectivity index (χ1v) is 16.1. The zero-order valence-corrected chi connectivity index (χ0v) is 27.4. The van der Waals surface area contributed by atoms with E-state index < -0.39 is 5.41 Å². The van der Waals surface area contributed by atoms with Gasteiger partial charge in [0.2, 0.25) is 5.91 Å². The van der Waals surface area contributed by atoms with Gasteiger partial charge in [-0.25, -0.2) is 9.78 Å². The highest BCUT2D eigenvalue weighted by Crippen LogP contribution is 2.43. The van der Waals surface area contributed by atoms with Gasteiger partial charge in [0.15, 0.2) is 0 Å². The molecule has 230 valence electrons. The normalized spacial score (nSPS) is 18.6. The summed E-state index contributed by atoms with van der Waals surface area (Å²) < 4.78 is 0. The molecule has 1 atom stereocenters. The molecule has 1 unspecified atom stereocenters. The fraction of sp³-hybridized carbons (Fsp3) is 0.400. The molecule has 2 bridgehead atoms. The van der Waals surface area contributed by atoms with Crippen molar-refractivity contribution in [3.05, 3.63) is 81.1 Å². The van der Waals surface area contributed by atoms with Crippen LogP contribution in [0.3, 0.4) is 0 Å². The molecule has 2 aliphatic heterocycles. The SMILES string of the molecule is Cc1cc(C)cc(-c2[nH]c3ccc(C(C)(C)C(=O)N4C5CCC4CC5)cc3c2C(C)CNC(=O)Nc2cc(Cl)nc(Cl)c2)c1. The maximum absolute atomic E-state index is 14.0. The minimum Gasteiger partial charge on any atom is -0.354 e. The van der Waals surface area contributed by atoms with Crippen molar-refractivity contribution in [2.45, 2.75) is 83.7 Å². The number of benzene rings is 2. The van der Waals surface area contributed by atoms with Crippen LogP contribution in [0, 0.1) is 13.8 Å². The van der Waals surface area contributed by atoms with Gasteiger partial charge in [-0.2, -0.15) is 0 Å². The van der Waals surface area contributed by atoms with E-state index in [0.29, 0.717) is 24.3 Å². The average molecular weight is 633 g/mol. The van der Waals surface area contributed by atoms with Crippen LogP contribution in [0.5, 0.6) is 0 Å². The summed E-state index contributed by atoms with van der Waals surface area (Å²) in [4.78, 5) is 36.7. The smallest absolute Gasteiger partial charge is 0.319 e. The maximum atomic E-state index is 14.0. The molecule has 2 aliphatic rings. The third-order valence-corrected chi connectivity index (χ3v) is 9.76. The predicted molar refractivity (Wildman–Crippen MR) is 179 cm³/mol. The van der Waals surface area contributed by atoms with Gasteiger partial charge < -0.3 is 20.5 Å². The molecule has 2 saturated heterocycles. The van der Waals surface area contributed by atoms with E-state index in [1.807, 2.05) is 0 Å². The number of pyridine rings is 1. The first-order valence-electron chi connectivity index (χ1n) is 15.4. The van der Waals surface area contributed by atoms with Gasteiger partial charge in [0.1, 0.15) is 10.3 Å². The third-order valence-electron chi connectivity index (χ3n) is 9.38. The molecule has 0 aliphatic carbocycles. The Balaban J connectivity index is 1.34. The van der Waals surface area contributed by atoms with Gasteiger partial charge >= 0.3 is 6.03 Å². The summed E-state index contributed by atoms with van der Waals surface area (Å²) in [5.74, 6) is 0.162. The molecule has 0 radical (unpaired) electrons. The molecule has 6 rings (SSSR count). The number of fused-ring (bicyclic) bond motifs is 3. The van der Waals surface area contributed by atoms with Crippen molar-refractivity contribution in [1.29, 1.82) is 0 Å². The summed E-state index contributed by atoms with van der Waals surface area (Å²) in [5.41, 5.74) is 7.37. The van der Waals surface area contributed by atoms with E-state index in [4.69, 9.17) is 23.2 Å². The number of aryl methyl sites for hydroxylation is 2. The van der Waals surface area contributed by atoms with Gasteiger partial charge in [-0.05, 0) is 106 Å². The molecule has 0 saturated carbocycles. The van der Waals surface area contributed by atoms with E-state index in [-0.39, 0.29) is 28.2 Å². The summed E-state index contributed by atoms with van der Waals surface area (Å²) in [5, 5.41) is 7.27. The van der Waals surface area contributed by atoms with Crippen LogP contribution in [-0.2, 0) is 10.2 Å². The van der Waals surface area contributed by atoms with Crippen LogP contribution in [0.15, 0.2) is 48.5 Å². The van der Waals surface area contributed by atoms with Crippen LogP contribution in [0.25, 0.3) is 22.2 Å². The molecular formula is C35H39Cl2N5O2. The number of urea groups is 1. The molecule has 4 aromatic rings. The maximum Gasteiger partial charge on any atom is 0.319 e. The predicted octanol–water partition coefficient (Wildman–Crippen LogP) is 8.51. The second-order valence-corrected chi connectivity index (χ2v) is 13.9. The van der Waals surface area contributed by atoms with Gasteiger partial charge in [0.05, 0.1) is 11.1 Å². The molecule has 2 aromatic carbocycles. The Morgan fingerprint density at radius 3 is 2.20 bits per heavy atom. The Labute approximate surface area is 268 Å². The molecule has 4 heterocycles. The topological polar surface area (TPSA) is 90.1 Å². The Bertz CT molecular complexity index is 1700. The molecule has 9 heteroatoms. The molecule has 44 heavy (non-hydrogen) atoms. The largest absolute Gasteiger partial charge is 0.354 e. The molecule has 0 spiro atoms. The number of carbonyl (C=O) groups is 2. The lowest BCUT2D eigenvalue weighted by atomic mass is 9.81. The first-order chi connectivity index (χ1) is 20.9. The molecule has 7 nitrogen and oxygen atoms in total. The summed E-state index contributed by atoms with van der Waals surface area (Å²) in [6.07, 6.45) is 4.47. The molecule has 2 fully saturated rings. The number of hydrogen-bond donors (Lipinski definition) is 3.